The average molecular weight is 460 g/mol. The van der Waals surface area contributed by atoms with Crippen molar-refractivity contribution in [2.75, 3.05) is 25.0 Å². The van der Waals surface area contributed by atoms with Crippen LogP contribution in [0.5, 0.6) is 11.5 Å². The van der Waals surface area contributed by atoms with Gasteiger partial charge in [-0.05, 0) is 29.8 Å². The predicted molar refractivity (Wildman–Crippen MR) is 121 cm³/mol. The zero-order valence-corrected chi connectivity index (χ0v) is 18.8. The first-order valence-electron chi connectivity index (χ1n) is 9.70. The second-order valence-corrected chi connectivity index (χ2v) is 8.36. The lowest BCUT2D eigenvalue weighted by Gasteiger charge is -2.33. The highest BCUT2D eigenvalue weighted by Crippen LogP contribution is 2.39. The van der Waals surface area contributed by atoms with Crippen LogP contribution >= 0.6 is 23.4 Å². The number of thioether (sulfide) groups is 1. The summed E-state index contributed by atoms with van der Waals surface area (Å²) in [4.78, 5) is 13.3. The molecule has 4 rings (SSSR count). The molecule has 3 aromatic rings. The molecule has 0 fully saturated rings. The molecule has 2 atom stereocenters. The highest BCUT2D eigenvalue weighted by Gasteiger charge is 2.38. The molecule has 0 radical (unpaired) electrons. The first-order valence-corrected chi connectivity index (χ1v) is 11.0. The van der Waals surface area contributed by atoms with Crippen LogP contribution in [0.25, 0.3) is 0 Å². The fourth-order valence-corrected chi connectivity index (χ4v) is 4.73. The molecule has 0 saturated heterocycles. The number of rotatable bonds is 6. The number of methoxy groups -OCH3 is 2. The van der Waals surface area contributed by atoms with Gasteiger partial charge in [0.25, 0.3) is 0 Å². The third-order valence-corrected chi connectivity index (χ3v) is 6.46. The van der Waals surface area contributed by atoms with Crippen molar-refractivity contribution in [2.24, 2.45) is 0 Å². The third-order valence-electron chi connectivity index (χ3n) is 4.95. The van der Waals surface area contributed by atoms with Crippen molar-refractivity contribution in [3.63, 3.8) is 0 Å². The average Bonchev–Trinajstić information content (AvgIpc) is 3.20. The van der Waals surface area contributed by atoms with Gasteiger partial charge in [0.05, 0.1) is 25.3 Å². The Morgan fingerprint density at radius 2 is 2.06 bits per heavy atom. The van der Waals surface area contributed by atoms with E-state index in [0.717, 1.165) is 11.4 Å². The SMILES string of the molecule is CCc1nnc2n1N[C@H](c1ccc(OC)c(Cl)c1)[C@H](C(=O)Nc1cccc(OC)c1)S2. The smallest absolute Gasteiger partial charge is 0.240 e. The molecule has 8 nitrogen and oxygen atoms in total. The highest BCUT2D eigenvalue weighted by molar-refractivity contribution is 8.00. The molecule has 31 heavy (non-hydrogen) atoms. The Balaban J connectivity index is 1.68. The Morgan fingerprint density at radius 3 is 2.77 bits per heavy atom. The number of anilines is 1. The number of halogens is 1. The molecule has 1 aliphatic heterocycles. The summed E-state index contributed by atoms with van der Waals surface area (Å²) < 4.78 is 12.4. The third kappa shape index (κ3) is 4.28. The number of nitrogens with one attached hydrogen (secondary N) is 2. The van der Waals surface area contributed by atoms with E-state index >= 15 is 0 Å². The summed E-state index contributed by atoms with van der Waals surface area (Å²) in [7, 11) is 3.15. The molecule has 1 amide bonds. The van der Waals surface area contributed by atoms with Gasteiger partial charge in [-0.2, -0.15) is 0 Å². The second-order valence-electron chi connectivity index (χ2n) is 6.85. The largest absolute Gasteiger partial charge is 0.497 e. The maximum Gasteiger partial charge on any atom is 0.240 e. The van der Waals surface area contributed by atoms with Crippen molar-refractivity contribution in [3.05, 3.63) is 58.9 Å². The van der Waals surface area contributed by atoms with Crippen LogP contribution in [-0.4, -0.2) is 40.3 Å². The molecule has 1 aromatic heterocycles. The number of hydrogen-bond acceptors (Lipinski definition) is 7. The lowest BCUT2D eigenvalue weighted by molar-refractivity contribution is -0.116. The molecule has 2 N–H and O–H groups in total. The van der Waals surface area contributed by atoms with Crippen molar-refractivity contribution in [1.29, 1.82) is 0 Å². The molecule has 162 valence electrons. The minimum absolute atomic E-state index is 0.171. The number of carbonyl (C=O) groups is 1. The molecule has 0 spiro atoms. The van der Waals surface area contributed by atoms with Gasteiger partial charge in [-0.25, -0.2) is 4.68 Å². The maximum absolute atomic E-state index is 13.3. The highest BCUT2D eigenvalue weighted by atomic mass is 35.5. The van der Waals surface area contributed by atoms with E-state index in [4.69, 9.17) is 21.1 Å². The minimum Gasteiger partial charge on any atom is -0.497 e. The predicted octanol–water partition coefficient (Wildman–Crippen LogP) is 3.91. The molecule has 0 aliphatic carbocycles. The van der Waals surface area contributed by atoms with Crippen LogP contribution in [0, 0.1) is 0 Å². The normalized spacial score (nSPS) is 17.4. The zero-order chi connectivity index (χ0) is 22.0. The van der Waals surface area contributed by atoms with E-state index in [1.54, 1.807) is 26.4 Å². The van der Waals surface area contributed by atoms with Gasteiger partial charge < -0.3 is 20.2 Å². The molecule has 2 aromatic carbocycles. The first kappa shape index (κ1) is 21.3. The molecule has 1 aliphatic rings. The number of hydrogen-bond donors (Lipinski definition) is 2. The van der Waals surface area contributed by atoms with E-state index in [1.165, 1.54) is 11.8 Å². The quantitative estimate of drug-likeness (QED) is 0.577. The fourth-order valence-electron chi connectivity index (χ4n) is 3.37. The number of ether oxygens (including phenoxy) is 2. The van der Waals surface area contributed by atoms with E-state index < -0.39 is 5.25 Å². The molecule has 0 unspecified atom stereocenters. The number of fused-ring (bicyclic) bond motifs is 1. The minimum atomic E-state index is -0.517. The standard InChI is InChI=1S/C21H22ClN5O3S/c1-4-17-24-25-21-27(17)26-18(12-8-9-16(30-3)15(22)10-12)19(31-21)20(28)23-13-6-5-7-14(11-13)29-2/h5-11,18-19,26H,4H2,1-3H3,(H,23,28)/t18-,19-/m1/s1. The van der Waals surface area contributed by atoms with E-state index in [-0.39, 0.29) is 11.9 Å². The monoisotopic (exact) mass is 459 g/mol. The van der Waals surface area contributed by atoms with Crippen LogP contribution in [0.3, 0.4) is 0 Å². The van der Waals surface area contributed by atoms with Crippen LogP contribution in [0.1, 0.15) is 24.4 Å². The van der Waals surface area contributed by atoms with Gasteiger partial charge in [0.15, 0.2) is 5.82 Å². The van der Waals surface area contributed by atoms with E-state index in [2.05, 4.69) is 20.9 Å². The summed E-state index contributed by atoms with van der Waals surface area (Å²) in [6.45, 7) is 2.00. The van der Waals surface area contributed by atoms with Crippen molar-refractivity contribution >= 4 is 35.0 Å². The second kappa shape index (κ2) is 9.07. The summed E-state index contributed by atoms with van der Waals surface area (Å²) in [5, 5.41) is 12.0. The van der Waals surface area contributed by atoms with Gasteiger partial charge in [-0.1, -0.05) is 42.4 Å². The van der Waals surface area contributed by atoms with Crippen LogP contribution in [-0.2, 0) is 11.2 Å². The summed E-state index contributed by atoms with van der Waals surface area (Å²) in [5.74, 6) is 1.86. The Bertz CT molecular complexity index is 1110. The Kier molecular flexibility index (Phi) is 6.24. The zero-order valence-electron chi connectivity index (χ0n) is 17.3. The van der Waals surface area contributed by atoms with Gasteiger partial charge in [-0.3, -0.25) is 4.79 Å². The maximum atomic E-state index is 13.3. The Labute approximate surface area is 189 Å². The van der Waals surface area contributed by atoms with Crippen molar-refractivity contribution < 1.29 is 14.3 Å². The van der Waals surface area contributed by atoms with Crippen LogP contribution < -0.4 is 20.2 Å². The number of aryl methyl sites for hydroxylation is 1. The Hall–Kier alpha value is -2.91. The molecular formula is C21H22ClN5O3S. The van der Waals surface area contributed by atoms with Gasteiger partial charge in [0, 0.05) is 18.2 Å². The molecular weight excluding hydrogens is 438 g/mol. The van der Waals surface area contributed by atoms with Crippen molar-refractivity contribution in [1.82, 2.24) is 14.9 Å². The summed E-state index contributed by atoms with van der Waals surface area (Å²) in [6.07, 6.45) is 0.706. The lowest BCUT2D eigenvalue weighted by atomic mass is 10.0. The van der Waals surface area contributed by atoms with Crippen molar-refractivity contribution in [3.8, 4) is 11.5 Å². The summed E-state index contributed by atoms with van der Waals surface area (Å²) in [5.41, 5.74) is 4.91. The van der Waals surface area contributed by atoms with Gasteiger partial charge in [0.2, 0.25) is 11.1 Å². The van der Waals surface area contributed by atoms with Crippen LogP contribution in [0.4, 0.5) is 5.69 Å². The van der Waals surface area contributed by atoms with Gasteiger partial charge in [0.1, 0.15) is 16.7 Å². The topological polar surface area (TPSA) is 90.3 Å². The van der Waals surface area contributed by atoms with Crippen LogP contribution in [0.15, 0.2) is 47.6 Å². The summed E-state index contributed by atoms with van der Waals surface area (Å²) >= 11 is 7.73. The van der Waals surface area contributed by atoms with E-state index in [1.807, 2.05) is 41.9 Å². The molecule has 0 saturated carbocycles. The molecule has 2 heterocycles. The van der Waals surface area contributed by atoms with Crippen LogP contribution in [0.2, 0.25) is 5.02 Å². The van der Waals surface area contributed by atoms with Crippen molar-refractivity contribution in [2.45, 2.75) is 29.8 Å². The van der Waals surface area contributed by atoms with Gasteiger partial charge >= 0.3 is 0 Å². The van der Waals surface area contributed by atoms with E-state index in [9.17, 15) is 4.79 Å². The number of carbonyl (C=O) groups excluding carboxylic acids is 1. The molecule has 10 heteroatoms. The Morgan fingerprint density at radius 1 is 1.23 bits per heavy atom. The fraction of sp³-hybridized carbons (Fsp3) is 0.286. The number of amides is 1. The van der Waals surface area contributed by atoms with E-state index in [0.29, 0.717) is 33.8 Å². The number of benzene rings is 2. The number of aromatic nitrogens is 3. The lowest BCUT2D eigenvalue weighted by Crippen LogP contribution is -2.41. The summed E-state index contributed by atoms with van der Waals surface area (Å²) in [6, 6.07) is 12.4. The van der Waals surface area contributed by atoms with Gasteiger partial charge in [-0.15, -0.1) is 10.2 Å². The molecule has 0 bridgehead atoms. The number of nitrogens with zero attached hydrogens (tertiary/aromatic N) is 3. The first-order chi connectivity index (χ1) is 15.0.